The van der Waals surface area contributed by atoms with Crippen molar-refractivity contribution in [2.24, 2.45) is 0 Å². The fraction of sp³-hybridized carbons (Fsp3) is 0.455. The van der Waals surface area contributed by atoms with Crippen molar-refractivity contribution in [3.63, 3.8) is 0 Å². The maximum absolute atomic E-state index is 5.41. The molecule has 1 heterocycles. The molecule has 0 radical (unpaired) electrons. The summed E-state index contributed by atoms with van der Waals surface area (Å²) in [5, 5.41) is 0. The Bertz CT molecular complexity index is 677. The van der Waals surface area contributed by atoms with Gasteiger partial charge in [-0.1, -0.05) is 36.4 Å². The van der Waals surface area contributed by atoms with Crippen molar-refractivity contribution in [3.05, 3.63) is 59.7 Å². The van der Waals surface area contributed by atoms with E-state index in [2.05, 4.69) is 52.3 Å². The van der Waals surface area contributed by atoms with Gasteiger partial charge in [-0.2, -0.15) is 0 Å². The standard InChI is InChI=1S/C22H30N2O2.2ClH/c1-25-21-11-10-20(17-22(21)26-2)18-24-15-13-23(14-16-24)12-6-9-19-7-4-3-5-8-19;;/h3-5,7-8,10-11,17H,6,9,12-16,18H2,1-2H3;2*1H. The summed E-state index contributed by atoms with van der Waals surface area (Å²) in [5.74, 6) is 1.60. The smallest absolute Gasteiger partial charge is 0.161 e. The fourth-order valence-corrected chi connectivity index (χ4v) is 3.56. The van der Waals surface area contributed by atoms with Crippen LogP contribution in [-0.4, -0.2) is 56.7 Å². The zero-order valence-corrected chi connectivity index (χ0v) is 18.4. The van der Waals surface area contributed by atoms with Gasteiger partial charge in [-0.3, -0.25) is 4.90 Å². The van der Waals surface area contributed by atoms with Crippen molar-refractivity contribution in [3.8, 4) is 11.5 Å². The first-order valence-electron chi connectivity index (χ1n) is 9.48. The number of rotatable bonds is 8. The summed E-state index contributed by atoms with van der Waals surface area (Å²) < 4.78 is 10.7. The van der Waals surface area contributed by atoms with Gasteiger partial charge in [-0.05, 0) is 42.6 Å². The Balaban J connectivity index is 0.00000196. The van der Waals surface area contributed by atoms with E-state index in [9.17, 15) is 0 Å². The Labute approximate surface area is 181 Å². The molecule has 0 atom stereocenters. The summed E-state index contributed by atoms with van der Waals surface area (Å²) in [6.07, 6.45) is 2.41. The first-order chi connectivity index (χ1) is 12.8. The van der Waals surface area contributed by atoms with E-state index in [1.165, 1.54) is 30.5 Å². The molecule has 2 aromatic rings. The predicted molar refractivity (Wildman–Crippen MR) is 121 cm³/mol. The predicted octanol–water partition coefficient (Wildman–Crippen LogP) is 4.30. The molecule has 0 aromatic heterocycles. The summed E-state index contributed by atoms with van der Waals surface area (Å²) in [5.41, 5.74) is 2.72. The highest BCUT2D eigenvalue weighted by Crippen LogP contribution is 2.28. The molecular formula is C22H32Cl2N2O2. The van der Waals surface area contributed by atoms with Gasteiger partial charge in [0.15, 0.2) is 11.5 Å². The lowest BCUT2D eigenvalue weighted by Crippen LogP contribution is -2.46. The lowest BCUT2D eigenvalue weighted by atomic mass is 10.1. The molecule has 0 bridgehead atoms. The van der Waals surface area contributed by atoms with Crippen LogP contribution in [-0.2, 0) is 13.0 Å². The highest BCUT2D eigenvalue weighted by molar-refractivity contribution is 5.85. The van der Waals surface area contributed by atoms with Crippen LogP contribution in [0.3, 0.4) is 0 Å². The Hall–Kier alpha value is -1.46. The molecule has 1 aliphatic heterocycles. The molecule has 28 heavy (non-hydrogen) atoms. The molecule has 6 heteroatoms. The van der Waals surface area contributed by atoms with Crippen molar-refractivity contribution in [1.29, 1.82) is 0 Å². The van der Waals surface area contributed by atoms with Crippen LogP contribution in [0.5, 0.6) is 11.5 Å². The summed E-state index contributed by atoms with van der Waals surface area (Å²) in [6, 6.07) is 17.0. The van der Waals surface area contributed by atoms with Crippen LogP contribution < -0.4 is 9.47 Å². The topological polar surface area (TPSA) is 24.9 Å². The van der Waals surface area contributed by atoms with Gasteiger partial charge in [-0.25, -0.2) is 0 Å². The van der Waals surface area contributed by atoms with Gasteiger partial charge in [0.2, 0.25) is 0 Å². The molecule has 0 aliphatic carbocycles. The van der Waals surface area contributed by atoms with Crippen LogP contribution in [0.2, 0.25) is 0 Å². The van der Waals surface area contributed by atoms with E-state index in [1.807, 2.05) is 6.07 Å². The fourth-order valence-electron chi connectivity index (χ4n) is 3.56. The minimum Gasteiger partial charge on any atom is -0.493 e. The number of piperazine rings is 1. The van der Waals surface area contributed by atoms with E-state index in [1.54, 1.807) is 14.2 Å². The third-order valence-electron chi connectivity index (χ3n) is 5.10. The summed E-state index contributed by atoms with van der Waals surface area (Å²) in [4.78, 5) is 5.11. The van der Waals surface area contributed by atoms with Crippen molar-refractivity contribution in [2.75, 3.05) is 46.9 Å². The van der Waals surface area contributed by atoms with Gasteiger partial charge in [0.1, 0.15) is 0 Å². The van der Waals surface area contributed by atoms with Crippen LogP contribution in [0.1, 0.15) is 17.5 Å². The van der Waals surface area contributed by atoms with Crippen LogP contribution >= 0.6 is 24.8 Å². The number of hydrogen-bond acceptors (Lipinski definition) is 4. The van der Waals surface area contributed by atoms with Gasteiger partial charge in [-0.15, -0.1) is 24.8 Å². The normalized spacial score (nSPS) is 14.6. The zero-order chi connectivity index (χ0) is 18.2. The molecule has 156 valence electrons. The molecule has 1 aliphatic rings. The highest BCUT2D eigenvalue weighted by atomic mass is 35.5. The van der Waals surface area contributed by atoms with E-state index in [0.29, 0.717) is 0 Å². The number of ether oxygens (including phenoxy) is 2. The number of halogens is 2. The lowest BCUT2D eigenvalue weighted by Gasteiger charge is -2.34. The minimum absolute atomic E-state index is 0. The molecule has 2 aromatic carbocycles. The van der Waals surface area contributed by atoms with Gasteiger partial charge < -0.3 is 14.4 Å². The number of aryl methyl sites for hydroxylation is 1. The Morgan fingerprint density at radius 1 is 0.750 bits per heavy atom. The van der Waals surface area contributed by atoms with Gasteiger partial charge in [0.05, 0.1) is 14.2 Å². The molecule has 0 spiro atoms. The molecule has 4 nitrogen and oxygen atoms in total. The third-order valence-corrected chi connectivity index (χ3v) is 5.10. The second-order valence-electron chi connectivity index (χ2n) is 6.90. The third kappa shape index (κ3) is 7.17. The molecular weight excluding hydrogens is 395 g/mol. The molecule has 1 saturated heterocycles. The van der Waals surface area contributed by atoms with Gasteiger partial charge >= 0.3 is 0 Å². The van der Waals surface area contributed by atoms with Crippen LogP contribution in [0.15, 0.2) is 48.5 Å². The second kappa shape index (κ2) is 12.9. The average Bonchev–Trinajstić information content (AvgIpc) is 2.70. The van der Waals surface area contributed by atoms with E-state index < -0.39 is 0 Å². The summed E-state index contributed by atoms with van der Waals surface area (Å²) in [7, 11) is 3.37. The van der Waals surface area contributed by atoms with E-state index in [0.717, 1.165) is 44.2 Å². The maximum atomic E-state index is 5.41. The monoisotopic (exact) mass is 426 g/mol. The summed E-state index contributed by atoms with van der Waals surface area (Å²) in [6.45, 7) is 6.72. The first-order valence-corrected chi connectivity index (χ1v) is 9.48. The van der Waals surface area contributed by atoms with Crippen molar-refractivity contribution in [2.45, 2.75) is 19.4 Å². The molecule has 0 saturated carbocycles. The SMILES string of the molecule is COc1ccc(CN2CCN(CCCc3ccccc3)CC2)cc1OC.Cl.Cl. The molecule has 0 amide bonds. The lowest BCUT2D eigenvalue weighted by molar-refractivity contribution is 0.126. The van der Waals surface area contributed by atoms with E-state index >= 15 is 0 Å². The van der Waals surface area contributed by atoms with Crippen LogP contribution in [0.4, 0.5) is 0 Å². The number of nitrogens with zero attached hydrogens (tertiary/aromatic N) is 2. The van der Waals surface area contributed by atoms with Crippen LogP contribution in [0, 0.1) is 0 Å². The molecule has 0 unspecified atom stereocenters. The van der Waals surface area contributed by atoms with E-state index in [4.69, 9.17) is 9.47 Å². The molecule has 3 rings (SSSR count). The van der Waals surface area contributed by atoms with Crippen molar-refractivity contribution in [1.82, 2.24) is 9.80 Å². The van der Waals surface area contributed by atoms with Gasteiger partial charge in [0, 0.05) is 32.7 Å². The Morgan fingerprint density at radius 3 is 2.04 bits per heavy atom. The molecule has 1 fully saturated rings. The van der Waals surface area contributed by atoms with Crippen molar-refractivity contribution >= 4 is 24.8 Å². The minimum atomic E-state index is 0. The largest absolute Gasteiger partial charge is 0.493 e. The quantitative estimate of drug-likeness (QED) is 0.627. The second-order valence-corrected chi connectivity index (χ2v) is 6.90. The van der Waals surface area contributed by atoms with Crippen LogP contribution in [0.25, 0.3) is 0 Å². The number of hydrogen-bond donors (Lipinski definition) is 0. The van der Waals surface area contributed by atoms with E-state index in [-0.39, 0.29) is 24.8 Å². The number of methoxy groups -OCH3 is 2. The average molecular weight is 427 g/mol. The number of benzene rings is 2. The highest BCUT2D eigenvalue weighted by Gasteiger charge is 2.17. The van der Waals surface area contributed by atoms with Gasteiger partial charge in [0.25, 0.3) is 0 Å². The zero-order valence-electron chi connectivity index (χ0n) is 16.8. The summed E-state index contributed by atoms with van der Waals surface area (Å²) >= 11 is 0. The van der Waals surface area contributed by atoms with Crippen molar-refractivity contribution < 1.29 is 9.47 Å². The maximum Gasteiger partial charge on any atom is 0.161 e. The Morgan fingerprint density at radius 2 is 1.39 bits per heavy atom. The Kier molecular flexibility index (Phi) is 11.3. The molecule has 0 N–H and O–H groups in total. The first kappa shape index (κ1) is 24.6.